The first-order valence-electron chi connectivity index (χ1n) is 9.17. The van der Waals surface area contributed by atoms with Crippen LogP contribution in [0.2, 0.25) is 0 Å². The van der Waals surface area contributed by atoms with Crippen LogP contribution in [0.5, 0.6) is 0 Å². The predicted octanol–water partition coefficient (Wildman–Crippen LogP) is 3.63. The van der Waals surface area contributed by atoms with Gasteiger partial charge < -0.3 is 14.8 Å². The smallest absolute Gasteiger partial charge is 0.238 e. The lowest BCUT2D eigenvalue weighted by Gasteiger charge is -2.00. The number of nitrogens with two attached hydrogens (primary N) is 1. The first kappa shape index (κ1) is 18.3. The van der Waals surface area contributed by atoms with Gasteiger partial charge in [0.05, 0.1) is 22.5 Å². The van der Waals surface area contributed by atoms with Crippen molar-refractivity contribution in [3.05, 3.63) is 72.4 Å². The van der Waals surface area contributed by atoms with E-state index in [2.05, 4.69) is 44.7 Å². The highest BCUT2D eigenvalue weighted by atomic mass is 32.2. The molecule has 3 aromatic carbocycles. The second-order valence-corrected chi connectivity index (χ2v) is 8.47. The number of H-pyrrole nitrogens is 1. The molecular formula is C21H17N5O3S. The van der Waals surface area contributed by atoms with E-state index in [-0.39, 0.29) is 4.90 Å². The van der Waals surface area contributed by atoms with Crippen molar-refractivity contribution in [2.45, 2.75) is 11.4 Å². The van der Waals surface area contributed by atoms with Crippen molar-refractivity contribution in [2.75, 3.05) is 5.32 Å². The Morgan fingerprint density at radius 3 is 2.67 bits per heavy atom. The van der Waals surface area contributed by atoms with Crippen LogP contribution < -0.4 is 10.5 Å². The summed E-state index contributed by atoms with van der Waals surface area (Å²) in [5.74, 6) is 1.17. The van der Waals surface area contributed by atoms with E-state index in [9.17, 15) is 8.42 Å². The molecule has 0 aliphatic heterocycles. The van der Waals surface area contributed by atoms with Gasteiger partial charge in [-0.05, 0) is 35.0 Å². The Balaban J connectivity index is 1.34. The van der Waals surface area contributed by atoms with E-state index >= 15 is 0 Å². The molecule has 0 fully saturated rings. The van der Waals surface area contributed by atoms with Gasteiger partial charge in [-0.1, -0.05) is 41.6 Å². The van der Waals surface area contributed by atoms with Gasteiger partial charge in [-0.25, -0.2) is 18.5 Å². The molecule has 2 aromatic heterocycles. The molecule has 0 saturated heterocycles. The highest BCUT2D eigenvalue weighted by molar-refractivity contribution is 7.89. The molecule has 8 nitrogen and oxygen atoms in total. The van der Waals surface area contributed by atoms with Gasteiger partial charge in [0.25, 0.3) is 0 Å². The number of fused-ring (bicyclic) bond motifs is 2. The number of nitrogens with one attached hydrogen (secondary N) is 2. The van der Waals surface area contributed by atoms with E-state index < -0.39 is 10.0 Å². The predicted molar refractivity (Wildman–Crippen MR) is 114 cm³/mol. The fraction of sp³-hybridized carbons (Fsp3) is 0.0476. The van der Waals surface area contributed by atoms with E-state index in [0.717, 1.165) is 16.3 Å². The Hall–Kier alpha value is -3.69. The molecule has 2 heterocycles. The standard InChI is InChI=1S/C21H17N5O3S/c22-30(27,28)17-7-8-18-19(11-17)25-21(24-18)23-12-16-10-20(29-26-16)15-6-5-13-3-1-2-4-14(13)9-15/h1-11H,12H2,(H2,22,27,28)(H2,23,24,25). The molecule has 0 amide bonds. The Bertz CT molecular complexity index is 1490. The number of nitrogens with zero attached hydrogens (tertiary/aromatic N) is 2. The Labute approximate surface area is 171 Å². The molecular weight excluding hydrogens is 402 g/mol. The van der Waals surface area contributed by atoms with Crippen molar-refractivity contribution >= 4 is 37.8 Å². The molecule has 5 rings (SSSR count). The average Bonchev–Trinajstić information content (AvgIpc) is 3.37. The van der Waals surface area contributed by atoms with Crippen molar-refractivity contribution in [3.63, 3.8) is 0 Å². The molecule has 0 saturated carbocycles. The maximum atomic E-state index is 11.5. The normalized spacial score (nSPS) is 11.9. The number of hydrogen-bond donors (Lipinski definition) is 3. The Morgan fingerprint density at radius 1 is 1.00 bits per heavy atom. The summed E-state index contributed by atoms with van der Waals surface area (Å²) < 4.78 is 28.5. The lowest BCUT2D eigenvalue weighted by Crippen LogP contribution is -2.11. The number of aromatic nitrogens is 3. The van der Waals surface area contributed by atoms with Crippen molar-refractivity contribution < 1.29 is 12.9 Å². The van der Waals surface area contributed by atoms with Crippen molar-refractivity contribution in [1.82, 2.24) is 15.1 Å². The maximum Gasteiger partial charge on any atom is 0.238 e. The molecule has 0 radical (unpaired) electrons. The first-order valence-corrected chi connectivity index (χ1v) is 10.7. The third-order valence-corrected chi connectivity index (χ3v) is 5.72. The average molecular weight is 419 g/mol. The molecule has 0 spiro atoms. The monoisotopic (exact) mass is 419 g/mol. The summed E-state index contributed by atoms with van der Waals surface area (Å²) in [5.41, 5.74) is 2.86. The van der Waals surface area contributed by atoms with Gasteiger partial charge in [0, 0.05) is 11.6 Å². The first-order chi connectivity index (χ1) is 14.5. The van der Waals surface area contributed by atoms with Gasteiger partial charge >= 0.3 is 0 Å². The van der Waals surface area contributed by atoms with Crippen LogP contribution >= 0.6 is 0 Å². The second-order valence-electron chi connectivity index (χ2n) is 6.91. The summed E-state index contributed by atoms with van der Waals surface area (Å²) in [6.45, 7) is 0.388. The summed E-state index contributed by atoms with van der Waals surface area (Å²) in [5, 5.41) is 14.7. The fourth-order valence-electron chi connectivity index (χ4n) is 3.30. The molecule has 9 heteroatoms. The summed E-state index contributed by atoms with van der Waals surface area (Å²) >= 11 is 0. The van der Waals surface area contributed by atoms with Crippen LogP contribution in [0.15, 0.2) is 76.1 Å². The molecule has 5 aromatic rings. The zero-order valence-corrected chi connectivity index (χ0v) is 16.5. The van der Waals surface area contributed by atoms with Gasteiger partial charge in [0.15, 0.2) is 5.76 Å². The minimum Gasteiger partial charge on any atom is -0.356 e. The summed E-state index contributed by atoms with van der Waals surface area (Å²) in [6.07, 6.45) is 0. The van der Waals surface area contributed by atoms with Crippen LogP contribution in [0, 0.1) is 0 Å². The fourth-order valence-corrected chi connectivity index (χ4v) is 3.84. The minimum atomic E-state index is -3.77. The van der Waals surface area contributed by atoms with Gasteiger partial charge in [0.2, 0.25) is 16.0 Å². The van der Waals surface area contributed by atoms with E-state index in [1.165, 1.54) is 12.1 Å². The highest BCUT2D eigenvalue weighted by Gasteiger charge is 2.12. The van der Waals surface area contributed by atoms with Crippen LogP contribution in [-0.2, 0) is 16.6 Å². The third-order valence-electron chi connectivity index (χ3n) is 4.81. The number of imidazole rings is 1. The van der Waals surface area contributed by atoms with Gasteiger partial charge in [-0.2, -0.15) is 0 Å². The number of rotatable bonds is 5. The Kier molecular flexibility index (Phi) is 4.27. The topological polar surface area (TPSA) is 127 Å². The number of aromatic amines is 1. The molecule has 0 bridgehead atoms. The molecule has 0 aliphatic rings. The summed E-state index contributed by atoms with van der Waals surface area (Å²) in [4.78, 5) is 7.46. The third kappa shape index (κ3) is 3.51. The molecule has 150 valence electrons. The molecule has 0 aliphatic carbocycles. The van der Waals surface area contributed by atoms with Crippen LogP contribution in [0.4, 0.5) is 5.95 Å². The summed E-state index contributed by atoms with van der Waals surface area (Å²) in [7, 11) is -3.77. The van der Waals surface area contributed by atoms with Crippen LogP contribution in [0.3, 0.4) is 0 Å². The lowest BCUT2D eigenvalue weighted by molar-refractivity contribution is 0.424. The quantitative estimate of drug-likeness (QED) is 0.399. The summed E-state index contributed by atoms with van der Waals surface area (Å²) in [6, 6.07) is 20.6. The van der Waals surface area contributed by atoms with Gasteiger partial charge in [-0.15, -0.1) is 0 Å². The number of benzene rings is 3. The second kappa shape index (κ2) is 6.97. The highest BCUT2D eigenvalue weighted by Crippen LogP contribution is 2.25. The van der Waals surface area contributed by atoms with Crippen molar-refractivity contribution in [3.8, 4) is 11.3 Å². The lowest BCUT2D eigenvalue weighted by atomic mass is 10.1. The van der Waals surface area contributed by atoms with Crippen LogP contribution in [-0.4, -0.2) is 23.5 Å². The SMILES string of the molecule is NS(=O)(=O)c1ccc2nc(NCc3cc(-c4ccc5ccccc5c4)on3)[nH]c2c1. The van der Waals surface area contributed by atoms with E-state index in [1.54, 1.807) is 6.07 Å². The number of sulfonamides is 1. The van der Waals surface area contributed by atoms with Crippen molar-refractivity contribution in [1.29, 1.82) is 0 Å². The molecule has 0 atom stereocenters. The van der Waals surface area contributed by atoms with Gasteiger partial charge in [0.1, 0.15) is 5.69 Å². The number of primary sulfonamides is 1. The molecule has 4 N–H and O–H groups in total. The van der Waals surface area contributed by atoms with E-state index in [0.29, 0.717) is 35.0 Å². The van der Waals surface area contributed by atoms with E-state index in [4.69, 9.17) is 9.66 Å². The van der Waals surface area contributed by atoms with Crippen LogP contribution in [0.1, 0.15) is 5.69 Å². The zero-order valence-electron chi connectivity index (χ0n) is 15.7. The Morgan fingerprint density at radius 2 is 1.83 bits per heavy atom. The zero-order chi connectivity index (χ0) is 20.7. The van der Waals surface area contributed by atoms with Gasteiger partial charge in [-0.3, -0.25) is 0 Å². The largest absolute Gasteiger partial charge is 0.356 e. The molecule has 30 heavy (non-hydrogen) atoms. The minimum absolute atomic E-state index is 0.0294. The van der Waals surface area contributed by atoms with E-state index in [1.807, 2.05) is 24.3 Å². The molecule has 0 unspecified atom stereocenters. The van der Waals surface area contributed by atoms with Crippen LogP contribution in [0.25, 0.3) is 33.1 Å². The van der Waals surface area contributed by atoms with Crippen molar-refractivity contribution in [2.24, 2.45) is 5.14 Å². The number of hydrogen-bond acceptors (Lipinski definition) is 6. The maximum absolute atomic E-state index is 11.5. The number of anilines is 1.